The van der Waals surface area contributed by atoms with Crippen LogP contribution in [0.1, 0.15) is 119 Å². The van der Waals surface area contributed by atoms with Gasteiger partial charge in [0.15, 0.2) is 5.78 Å². The predicted octanol–water partition coefficient (Wildman–Crippen LogP) is 5.42. The standard InChI is InChI=1S/C54H85NO15/c1-33-14-11-10-12-15-34(2)45(68-25-24-67-23-22-56)30-42-19-17-39(7)54(64,70-42)51(61)52(62)55-21-13-16-41(32-55)53(63)69-46(36(4)28-40-18-20-43(57)47(29-40)65-8)31-44(58)35(3)27-38(6)49(60)50(66-9)48(59)37(5)26-33/h10-12,14-15,27,33,35-37,39-43,45-47,49-50,56-57,60,64H,13,16-26,28-32H2,1-9H3/b12-10+,14-11+,34-15+,38-27+/t33-,35-,36+,37-,39-,40+,41?,42-,43-,45?,46+,47-,49-,50+,54+/m1/s1. The van der Waals surface area contributed by atoms with Crippen molar-refractivity contribution in [2.75, 3.05) is 53.7 Å². The third kappa shape index (κ3) is 16.8. The Kier molecular flexibility index (Phi) is 24.2. The fraction of sp³-hybridized carbons (Fsp3) is 0.759. The Balaban J connectivity index is 1.67. The van der Waals surface area contributed by atoms with Crippen LogP contribution in [0.2, 0.25) is 0 Å². The number of esters is 1. The van der Waals surface area contributed by atoms with E-state index in [9.17, 15) is 39.3 Å². The van der Waals surface area contributed by atoms with Gasteiger partial charge in [0, 0.05) is 57.9 Å². The Morgan fingerprint density at radius 3 is 2.31 bits per heavy atom. The number of Topliss-reactive ketones (excluding diaryl/α,β-unsaturated/α-hetero) is 3. The summed E-state index contributed by atoms with van der Waals surface area (Å²) in [6.07, 6.45) is 10.4. The van der Waals surface area contributed by atoms with Crippen LogP contribution in [0.25, 0.3) is 0 Å². The molecular weight excluding hydrogens is 903 g/mol. The number of nitrogens with zero attached hydrogens (tertiary/aromatic N) is 1. The summed E-state index contributed by atoms with van der Waals surface area (Å²) in [6, 6.07) is 0. The van der Waals surface area contributed by atoms with Crippen LogP contribution in [0, 0.1) is 41.4 Å². The SMILES string of the molecule is CO[C@@H]1C[C@H](C[C@H](C)[C@@H]2CC(=O)[C@H](C)/C=C(\C)[C@@H](O)[C@@H](OC)C(=O)[C@H](C)C[C@H](C)/C=C/C=C/C=C(\C)C(OCCOCCO)C[C@H]3CC[C@@H](C)[C@](O)(O3)C(=O)C(=O)N3CCCC(C3)C(=O)O2)CC[C@H]1O. The van der Waals surface area contributed by atoms with E-state index < -0.39 is 83.7 Å². The van der Waals surface area contributed by atoms with Crippen LogP contribution in [0.5, 0.6) is 0 Å². The minimum Gasteiger partial charge on any atom is -0.461 e. The monoisotopic (exact) mass is 988 g/mol. The van der Waals surface area contributed by atoms with Gasteiger partial charge >= 0.3 is 5.97 Å². The van der Waals surface area contributed by atoms with E-state index in [0.717, 1.165) is 12.0 Å². The summed E-state index contributed by atoms with van der Waals surface area (Å²) < 4.78 is 35.3. The molecular formula is C54H85NO15. The van der Waals surface area contributed by atoms with Crippen molar-refractivity contribution in [1.82, 2.24) is 4.90 Å². The van der Waals surface area contributed by atoms with E-state index in [4.69, 9.17) is 33.5 Å². The summed E-state index contributed by atoms with van der Waals surface area (Å²) in [6.45, 7) is 13.1. The molecule has 2 saturated heterocycles. The van der Waals surface area contributed by atoms with Crippen molar-refractivity contribution < 1.29 is 72.8 Å². The van der Waals surface area contributed by atoms with Gasteiger partial charge in [0.2, 0.25) is 5.79 Å². The van der Waals surface area contributed by atoms with Crippen molar-refractivity contribution >= 4 is 29.2 Å². The molecule has 4 bridgehead atoms. The van der Waals surface area contributed by atoms with Crippen LogP contribution in [-0.2, 0) is 52.4 Å². The molecule has 15 atom stereocenters. The van der Waals surface area contributed by atoms with Gasteiger partial charge in [-0.1, -0.05) is 71.1 Å². The first-order valence-corrected chi connectivity index (χ1v) is 25.7. The van der Waals surface area contributed by atoms with Crippen LogP contribution >= 0.6 is 0 Å². The summed E-state index contributed by atoms with van der Waals surface area (Å²) in [5, 5.41) is 43.1. The maximum atomic E-state index is 14.2. The molecule has 16 heteroatoms. The van der Waals surface area contributed by atoms with Crippen molar-refractivity contribution in [3.05, 3.63) is 47.6 Å². The van der Waals surface area contributed by atoms with E-state index in [0.29, 0.717) is 56.9 Å². The number of allylic oxidation sites excluding steroid dienone is 6. The third-order valence-electron chi connectivity index (χ3n) is 15.0. The van der Waals surface area contributed by atoms with Gasteiger partial charge in [-0.25, -0.2) is 0 Å². The van der Waals surface area contributed by atoms with E-state index in [-0.39, 0.29) is 87.8 Å². The van der Waals surface area contributed by atoms with Crippen LogP contribution in [0.15, 0.2) is 47.6 Å². The van der Waals surface area contributed by atoms with Gasteiger partial charge in [0.25, 0.3) is 11.7 Å². The van der Waals surface area contributed by atoms with Gasteiger partial charge in [0.1, 0.15) is 24.1 Å². The molecule has 0 spiro atoms. The number of hydrogen-bond donors (Lipinski definition) is 4. The fourth-order valence-corrected chi connectivity index (χ4v) is 10.4. The molecule has 2 unspecified atom stereocenters. The summed E-state index contributed by atoms with van der Waals surface area (Å²) >= 11 is 0. The van der Waals surface area contributed by atoms with Gasteiger partial charge in [-0.2, -0.15) is 0 Å². The largest absolute Gasteiger partial charge is 0.461 e. The number of amides is 1. The molecule has 0 radical (unpaired) electrons. The van der Waals surface area contributed by atoms with Gasteiger partial charge in [-0.05, 0) is 101 Å². The van der Waals surface area contributed by atoms with Crippen molar-refractivity contribution in [3.8, 4) is 0 Å². The number of aliphatic hydroxyl groups is 4. The zero-order valence-electron chi connectivity index (χ0n) is 43.3. The summed E-state index contributed by atoms with van der Waals surface area (Å²) in [5.74, 6) is -8.51. The molecule has 0 aromatic heterocycles. The number of carbonyl (C=O) groups is 5. The number of piperidine rings is 1. The lowest BCUT2D eigenvalue weighted by molar-refractivity contribution is -0.266. The molecule has 4 N–H and O–H groups in total. The molecule has 3 fully saturated rings. The highest BCUT2D eigenvalue weighted by Crippen LogP contribution is 2.37. The number of methoxy groups -OCH3 is 2. The van der Waals surface area contributed by atoms with E-state index >= 15 is 0 Å². The first kappa shape index (κ1) is 59.1. The molecule has 3 aliphatic heterocycles. The highest BCUT2D eigenvalue weighted by atomic mass is 16.6. The quantitative estimate of drug-likeness (QED) is 0.0879. The molecule has 1 amide bonds. The lowest BCUT2D eigenvalue weighted by atomic mass is 9.78. The van der Waals surface area contributed by atoms with E-state index in [1.807, 2.05) is 51.2 Å². The molecule has 4 aliphatic rings. The third-order valence-corrected chi connectivity index (χ3v) is 15.0. The van der Waals surface area contributed by atoms with Gasteiger partial charge in [-0.3, -0.25) is 24.0 Å². The highest BCUT2D eigenvalue weighted by Gasteiger charge is 2.52. The average molecular weight is 988 g/mol. The number of fused-ring (bicyclic) bond motifs is 4. The fourth-order valence-electron chi connectivity index (χ4n) is 10.4. The zero-order valence-corrected chi connectivity index (χ0v) is 43.3. The minimum atomic E-state index is -2.42. The molecule has 0 aromatic carbocycles. The van der Waals surface area contributed by atoms with Crippen molar-refractivity contribution in [3.63, 3.8) is 0 Å². The van der Waals surface area contributed by atoms with Crippen LogP contribution in [0.4, 0.5) is 0 Å². The highest BCUT2D eigenvalue weighted by molar-refractivity contribution is 6.38. The Hall–Kier alpha value is -3.45. The van der Waals surface area contributed by atoms with Crippen LogP contribution < -0.4 is 0 Å². The first-order chi connectivity index (χ1) is 33.2. The topological polar surface area (TPSA) is 225 Å². The Morgan fingerprint density at radius 2 is 1.61 bits per heavy atom. The number of cyclic esters (lactones) is 1. The molecule has 396 valence electrons. The molecule has 16 nitrogen and oxygen atoms in total. The van der Waals surface area contributed by atoms with Crippen molar-refractivity contribution in [2.45, 2.75) is 168 Å². The van der Waals surface area contributed by atoms with Crippen LogP contribution in [0.3, 0.4) is 0 Å². The molecule has 3 heterocycles. The van der Waals surface area contributed by atoms with Gasteiger partial charge in [0.05, 0.1) is 56.8 Å². The Bertz CT molecular complexity index is 1850. The average Bonchev–Trinajstić information content (AvgIpc) is 3.33. The zero-order chi connectivity index (χ0) is 51.7. The van der Waals surface area contributed by atoms with Crippen LogP contribution in [-0.4, -0.2) is 157 Å². The first-order valence-electron chi connectivity index (χ1n) is 25.7. The van der Waals surface area contributed by atoms with Crippen molar-refractivity contribution in [1.29, 1.82) is 0 Å². The second-order valence-electron chi connectivity index (χ2n) is 20.6. The molecule has 1 aliphatic carbocycles. The number of aliphatic hydroxyl groups excluding tert-OH is 3. The number of hydrogen-bond acceptors (Lipinski definition) is 15. The number of rotatable bonds is 11. The number of ether oxygens (including phenoxy) is 6. The minimum absolute atomic E-state index is 0.0148. The molecule has 4 rings (SSSR count). The Labute approximate surface area is 416 Å². The van der Waals surface area contributed by atoms with E-state index in [2.05, 4.69) is 0 Å². The molecule has 0 aromatic rings. The van der Waals surface area contributed by atoms with Gasteiger partial charge in [-0.15, -0.1) is 0 Å². The maximum absolute atomic E-state index is 14.2. The van der Waals surface area contributed by atoms with Gasteiger partial charge < -0.3 is 53.7 Å². The smallest absolute Gasteiger partial charge is 0.311 e. The second kappa shape index (κ2) is 28.7. The molecule has 70 heavy (non-hydrogen) atoms. The lowest BCUT2D eigenvalue weighted by Gasteiger charge is -2.42. The van der Waals surface area contributed by atoms with E-state index in [1.54, 1.807) is 40.9 Å². The number of carbonyl (C=O) groups excluding carboxylic acids is 5. The predicted molar refractivity (Wildman–Crippen MR) is 262 cm³/mol. The normalized spacial score (nSPS) is 38.4. The van der Waals surface area contributed by atoms with Crippen molar-refractivity contribution in [2.24, 2.45) is 41.4 Å². The Morgan fingerprint density at radius 1 is 0.871 bits per heavy atom. The number of ketones is 3. The summed E-state index contributed by atoms with van der Waals surface area (Å²) in [7, 11) is 2.94. The summed E-state index contributed by atoms with van der Waals surface area (Å²) in [5.41, 5.74) is 1.22. The summed E-state index contributed by atoms with van der Waals surface area (Å²) in [4.78, 5) is 71.6. The maximum Gasteiger partial charge on any atom is 0.311 e. The van der Waals surface area contributed by atoms with E-state index in [1.165, 1.54) is 12.0 Å². The second-order valence-corrected chi connectivity index (χ2v) is 20.6. The lowest BCUT2D eigenvalue weighted by Crippen LogP contribution is -2.59. The molecule has 1 saturated carbocycles.